The van der Waals surface area contributed by atoms with E-state index < -0.39 is 0 Å². The van der Waals surface area contributed by atoms with Gasteiger partial charge in [0.15, 0.2) is 0 Å². The van der Waals surface area contributed by atoms with E-state index in [2.05, 4.69) is 11.9 Å². The minimum absolute atomic E-state index is 1.19. The normalized spacial score (nSPS) is 24.0. The van der Waals surface area contributed by atoms with Gasteiger partial charge in [0.2, 0.25) is 0 Å². The molecule has 1 rings (SSSR count). The van der Waals surface area contributed by atoms with Gasteiger partial charge in [0, 0.05) is 6.54 Å². The molecule has 1 radical (unpaired) electrons. The number of hydrogen-bond acceptors (Lipinski definition) is 1. The van der Waals surface area contributed by atoms with Crippen LogP contribution in [0.25, 0.3) is 0 Å². The molecule has 1 saturated heterocycles. The summed E-state index contributed by atoms with van der Waals surface area (Å²) in [5, 5.41) is 3.16. The first-order valence-corrected chi connectivity index (χ1v) is 2.55. The Bertz CT molecular complexity index is 19.4. The molecular weight excluding hydrogens is 74.1 g/mol. The van der Waals surface area contributed by atoms with E-state index in [1.807, 2.05) is 0 Å². The van der Waals surface area contributed by atoms with Gasteiger partial charge in [0.1, 0.15) is 0 Å². The third-order valence-electron chi connectivity index (χ3n) is 1.06. The maximum Gasteiger partial charge on any atom is 0.0221 e. The number of nitrogens with one attached hydrogen (secondary N) is 1. The Morgan fingerprint density at radius 1 is 1.33 bits per heavy atom. The van der Waals surface area contributed by atoms with Crippen molar-refractivity contribution in [3.05, 3.63) is 6.54 Å². The maximum atomic E-state index is 3.16. The van der Waals surface area contributed by atoms with E-state index in [1.54, 1.807) is 0 Å². The highest BCUT2D eigenvalue weighted by atomic mass is 14.9. The zero-order valence-corrected chi connectivity index (χ0v) is 3.91. The monoisotopic (exact) mass is 84.1 g/mol. The molecule has 1 N–H and O–H groups in total. The van der Waals surface area contributed by atoms with Crippen LogP contribution in [0, 0.1) is 6.54 Å². The van der Waals surface area contributed by atoms with Crippen molar-refractivity contribution in [3.8, 4) is 0 Å². The number of rotatable bonds is 0. The van der Waals surface area contributed by atoms with Gasteiger partial charge in [0.05, 0.1) is 0 Å². The average molecular weight is 84.1 g/mol. The Morgan fingerprint density at radius 2 is 2.33 bits per heavy atom. The Labute approximate surface area is 38.7 Å². The lowest BCUT2D eigenvalue weighted by atomic mass is 10.2. The van der Waals surface area contributed by atoms with Crippen LogP contribution in [-0.2, 0) is 0 Å². The fraction of sp³-hybridized carbons (Fsp3) is 0.800. The highest BCUT2D eigenvalue weighted by molar-refractivity contribution is 4.67. The fourth-order valence-electron chi connectivity index (χ4n) is 0.678. The van der Waals surface area contributed by atoms with Crippen molar-refractivity contribution in [2.75, 3.05) is 6.54 Å². The average Bonchev–Trinajstić information content (AvgIpc) is 1.72. The standard InChI is InChI=1S/C5H10N/c1-2-4-6-5-3-1/h4,6H,1-3,5H2. The van der Waals surface area contributed by atoms with Crippen LogP contribution in [0.5, 0.6) is 0 Å². The van der Waals surface area contributed by atoms with Crippen molar-refractivity contribution in [3.63, 3.8) is 0 Å². The summed E-state index contributed by atoms with van der Waals surface area (Å²) in [6, 6.07) is 0. The predicted molar refractivity (Wildman–Crippen MR) is 26.2 cm³/mol. The Kier molecular flexibility index (Phi) is 1.51. The smallest absolute Gasteiger partial charge is 0.0221 e. The second-order valence-electron chi connectivity index (χ2n) is 1.65. The van der Waals surface area contributed by atoms with Crippen LogP contribution >= 0.6 is 0 Å². The van der Waals surface area contributed by atoms with Gasteiger partial charge in [-0.1, -0.05) is 6.42 Å². The minimum Gasteiger partial charge on any atom is -0.312 e. The molecule has 0 amide bonds. The van der Waals surface area contributed by atoms with Crippen LogP contribution in [0.2, 0.25) is 0 Å². The fourth-order valence-corrected chi connectivity index (χ4v) is 0.678. The lowest BCUT2D eigenvalue weighted by Crippen LogP contribution is -2.15. The molecule has 1 heteroatoms. The zero-order chi connectivity index (χ0) is 4.24. The second-order valence-corrected chi connectivity index (χ2v) is 1.65. The minimum atomic E-state index is 1.19. The van der Waals surface area contributed by atoms with Crippen LogP contribution in [0.1, 0.15) is 19.3 Å². The van der Waals surface area contributed by atoms with Crippen molar-refractivity contribution in [2.24, 2.45) is 0 Å². The van der Waals surface area contributed by atoms with Gasteiger partial charge in [-0.2, -0.15) is 0 Å². The first-order valence-electron chi connectivity index (χ1n) is 2.55. The summed E-state index contributed by atoms with van der Waals surface area (Å²) in [5.41, 5.74) is 0. The Hall–Kier alpha value is -0.0400. The molecule has 0 unspecified atom stereocenters. The molecule has 35 valence electrons. The van der Waals surface area contributed by atoms with Crippen LogP contribution in [0.4, 0.5) is 0 Å². The first-order chi connectivity index (χ1) is 3.00. The predicted octanol–water partition coefficient (Wildman–Crippen LogP) is 0.922. The molecule has 0 bridgehead atoms. The highest BCUT2D eigenvalue weighted by Gasteiger charge is 1.94. The van der Waals surface area contributed by atoms with Gasteiger partial charge >= 0.3 is 0 Å². The molecule has 0 aromatic rings. The van der Waals surface area contributed by atoms with E-state index in [9.17, 15) is 0 Å². The van der Waals surface area contributed by atoms with Gasteiger partial charge in [-0.25, -0.2) is 0 Å². The van der Waals surface area contributed by atoms with Gasteiger partial charge in [-0.05, 0) is 19.4 Å². The quantitative estimate of drug-likeness (QED) is 0.460. The highest BCUT2D eigenvalue weighted by Crippen LogP contribution is 2.00. The molecule has 0 aliphatic carbocycles. The summed E-state index contributed by atoms with van der Waals surface area (Å²) in [6.07, 6.45) is 4.00. The molecule has 1 aliphatic heterocycles. The van der Waals surface area contributed by atoms with Crippen molar-refractivity contribution in [2.45, 2.75) is 19.3 Å². The molecule has 1 aliphatic rings. The van der Waals surface area contributed by atoms with E-state index in [1.165, 1.54) is 25.8 Å². The summed E-state index contributed by atoms with van der Waals surface area (Å²) < 4.78 is 0. The molecule has 1 heterocycles. The third-order valence-corrected chi connectivity index (χ3v) is 1.06. The molecule has 1 fully saturated rings. The summed E-state index contributed by atoms with van der Waals surface area (Å²) in [7, 11) is 0. The molecule has 0 atom stereocenters. The lowest BCUT2D eigenvalue weighted by molar-refractivity contribution is 0.581. The maximum absolute atomic E-state index is 3.16. The summed E-state index contributed by atoms with van der Waals surface area (Å²) in [6.45, 7) is 3.34. The molecule has 0 aromatic carbocycles. The van der Waals surface area contributed by atoms with Gasteiger partial charge in [-0.3, -0.25) is 0 Å². The number of piperidine rings is 1. The van der Waals surface area contributed by atoms with Crippen LogP contribution in [0.15, 0.2) is 0 Å². The van der Waals surface area contributed by atoms with Crippen LogP contribution < -0.4 is 5.32 Å². The molecule has 0 aromatic heterocycles. The van der Waals surface area contributed by atoms with Crippen molar-refractivity contribution in [1.82, 2.24) is 5.32 Å². The van der Waals surface area contributed by atoms with Crippen molar-refractivity contribution < 1.29 is 0 Å². The lowest BCUT2D eigenvalue weighted by Gasteiger charge is -2.08. The molecule has 1 nitrogen and oxygen atoms in total. The van der Waals surface area contributed by atoms with Crippen molar-refractivity contribution >= 4 is 0 Å². The largest absolute Gasteiger partial charge is 0.312 e. The molecule has 0 saturated carbocycles. The first kappa shape index (κ1) is 4.13. The van der Waals surface area contributed by atoms with Gasteiger partial charge in [-0.15, -0.1) is 0 Å². The topological polar surface area (TPSA) is 12.0 Å². The van der Waals surface area contributed by atoms with E-state index in [0.717, 1.165) is 0 Å². The van der Waals surface area contributed by atoms with E-state index in [4.69, 9.17) is 0 Å². The Balaban J connectivity index is 2.00. The number of hydrogen-bond donors (Lipinski definition) is 1. The SMILES string of the molecule is [CH]1CCCCN1. The zero-order valence-electron chi connectivity index (χ0n) is 3.91. The third kappa shape index (κ3) is 0.977. The summed E-state index contributed by atoms with van der Waals surface area (Å²) in [4.78, 5) is 0. The van der Waals surface area contributed by atoms with E-state index in [0.29, 0.717) is 0 Å². The molecular formula is C5H10N. The van der Waals surface area contributed by atoms with Gasteiger partial charge in [0.25, 0.3) is 0 Å². The molecule has 6 heavy (non-hydrogen) atoms. The Morgan fingerprint density at radius 3 is 2.50 bits per heavy atom. The molecule has 0 spiro atoms. The summed E-state index contributed by atoms with van der Waals surface area (Å²) >= 11 is 0. The second kappa shape index (κ2) is 2.19. The van der Waals surface area contributed by atoms with Crippen molar-refractivity contribution in [1.29, 1.82) is 0 Å². The van der Waals surface area contributed by atoms with E-state index in [-0.39, 0.29) is 0 Å². The summed E-state index contributed by atoms with van der Waals surface area (Å²) in [5.74, 6) is 0. The van der Waals surface area contributed by atoms with E-state index >= 15 is 0 Å². The van der Waals surface area contributed by atoms with Crippen LogP contribution in [0.3, 0.4) is 0 Å². The van der Waals surface area contributed by atoms with Crippen LogP contribution in [-0.4, -0.2) is 6.54 Å². The van der Waals surface area contributed by atoms with Gasteiger partial charge < -0.3 is 5.32 Å².